The number of aryl methyl sites for hydroxylation is 1. The van der Waals surface area contributed by atoms with E-state index in [0.717, 1.165) is 39.1 Å². The molecule has 0 radical (unpaired) electrons. The quantitative estimate of drug-likeness (QED) is 0.244. The summed E-state index contributed by atoms with van der Waals surface area (Å²) in [5, 5.41) is 9.81. The summed E-state index contributed by atoms with van der Waals surface area (Å²) >= 11 is 12.4. The number of methoxy groups -OCH3 is 1. The van der Waals surface area contributed by atoms with Crippen LogP contribution in [0.4, 0.5) is 0 Å². The van der Waals surface area contributed by atoms with Gasteiger partial charge in [-0.2, -0.15) is 0 Å². The Kier molecular flexibility index (Phi) is 8.04. The minimum Gasteiger partial charge on any atom is -0.497 e. The molecule has 0 aliphatic rings. The first-order valence-corrected chi connectivity index (χ1v) is 11.9. The van der Waals surface area contributed by atoms with E-state index in [2.05, 4.69) is 18.2 Å². The molecule has 184 valence electrons. The molecule has 1 N–H and O–H groups in total. The summed E-state index contributed by atoms with van der Waals surface area (Å²) in [4.78, 5) is 10.8. The molecule has 0 aliphatic heterocycles. The molecule has 0 bridgehead atoms. The molecule has 7 heteroatoms. The zero-order valence-electron chi connectivity index (χ0n) is 19.8. The van der Waals surface area contributed by atoms with Gasteiger partial charge in [0.2, 0.25) is 0 Å². The molecule has 0 fully saturated rings. The number of carboxylic acids is 1. The van der Waals surface area contributed by atoms with Crippen molar-refractivity contribution in [3.8, 4) is 39.5 Å². The molecule has 0 spiro atoms. The third-order valence-electron chi connectivity index (χ3n) is 5.57. The van der Waals surface area contributed by atoms with Crippen molar-refractivity contribution in [3.05, 3.63) is 100 Å². The predicted molar refractivity (Wildman–Crippen MR) is 143 cm³/mol. The van der Waals surface area contributed by atoms with Gasteiger partial charge >= 0.3 is 5.97 Å². The summed E-state index contributed by atoms with van der Waals surface area (Å²) in [6.45, 7) is 1.78. The van der Waals surface area contributed by atoms with E-state index in [1.54, 1.807) is 25.3 Å². The van der Waals surface area contributed by atoms with Crippen molar-refractivity contribution in [2.75, 3.05) is 13.7 Å². The van der Waals surface area contributed by atoms with E-state index < -0.39 is 12.6 Å². The maximum atomic E-state index is 10.8. The molecule has 0 saturated heterocycles. The van der Waals surface area contributed by atoms with Crippen LogP contribution in [0.15, 0.2) is 78.9 Å². The van der Waals surface area contributed by atoms with Crippen LogP contribution >= 0.6 is 23.2 Å². The number of carbonyl (C=O) groups is 1. The van der Waals surface area contributed by atoms with Crippen LogP contribution in [-0.2, 0) is 11.4 Å². The molecule has 0 atom stereocenters. The van der Waals surface area contributed by atoms with Gasteiger partial charge in [-0.3, -0.25) is 0 Å². The molecule has 4 aromatic rings. The molecule has 4 aromatic carbocycles. The fourth-order valence-corrected chi connectivity index (χ4v) is 4.05. The van der Waals surface area contributed by atoms with Crippen LogP contribution in [0.25, 0.3) is 22.3 Å². The summed E-state index contributed by atoms with van der Waals surface area (Å²) in [6, 6.07) is 25.0. The molecule has 0 unspecified atom stereocenters. The van der Waals surface area contributed by atoms with Crippen LogP contribution in [0, 0.1) is 6.92 Å². The molecule has 0 aromatic heterocycles. The van der Waals surface area contributed by atoms with Crippen LogP contribution in [0.5, 0.6) is 17.2 Å². The number of benzene rings is 4. The molecule has 0 saturated carbocycles. The van der Waals surface area contributed by atoms with Crippen molar-refractivity contribution in [1.82, 2.24) is 0 Å². The zero-order valence-corrected chi connectivity index (χ0v) is 21.3. The average molecular weight is 523 g/mol. The van der Waals surface area contributed by atoms with E-state index in [1.165, 1.54) is 0 Å². The smallest absolute Gasteiger partial charge is 0.341 e. The summed E-state index contributed by atoms with van der Waals surface area (Å²) in [5.74, 6) is 0.924. The van der Waals surface area contributed by atoms with Crippen molar-refractivity contribution in [2.24, 2.45) is 0 Å². The van der Waals surface area contributed by atoms with Gasteiger partial charge in [-0.1, -0.05) is 41.4 Å². The number of halogens is 2. The van der Waals surface area contributed by atoms with Crippen molar-refractivity contribution < 1.29 is 24.1 Å². The van der Waals surface area contributed by atoms with E-state index in [9.17, 15) is 4.79 Å². The minimum absolute atomic E-state index is 0.326. The van der Waals surface area contributed by atoms with E-state index in [0.29, 0.717) is 28.2 Å². The Bertz CT molecular complexity index is 1380. The highest BCUT2D eigenvalue weighted by atomic mass is 35.5. The van der Waals surface area contributed by atoms with E-state index in [4.69, 9.17) is 42.5 Å². The van der Waals surface area contributed by atoms with Crippen molar-refractivity contribution in [1.29, 1.82) is 0 Å². The van der Waals surface area contributed by atoms with Gasteiger partial charge in [0.15, 0.2) is 6.61 Å². The lowest BCUT2D eigenvalue weighted by atomic mass is 9.96. The predicted octanol–water partition coefficient (Wildman–Crippen LogP) is 7.69. The summed E-state index contributed by atoms with van der Waals surface area (Å²) < 4.78 is 16.7. The highest BCUT2D eigenvalue weighted by molar-refractivity contribution is 6.42. The first-order chi connectivity index (χ1) is 17.3. The van der Waals surface area contributed by atoms with Gasteiger partial charge in [0.25, 0.3) is 0 Å². The van der Waals surface area contributed by atoms with Gasteiger partial charge in [-0.25, -0.2) is 4.79 Å². The van der Waals surface area contributed by atoms with Gasteiger partial charge in [0.05, 0.1) is 17.2 Å². The average Bonchev–Trinajstić information content (AvgIpc) is 2.88. The Balaban J connectivity index is 1.63. The third kappa shape index (κ3) is 6.30. The topological polar surface area (TPSA) is 65.0 Å². The maximum absolute atomic E-state index is 10.8. The summed E-state index contributed by atoms with van der Waals surface area (Å²) in [7, 11) is 1.64. The van der Waals surface area contributed by atoms with Gasteiger partial charge < -0.3 is 19.3 Å². The van der Waals surface area contributed by atoms with Crippen LogP contribution < -0.4 is 14.2 Å². The largest absolute Gasteiger partial charge is 0.497 e. The number of hydrogen-bond acceptors (Lipinski definition) is 4. The molecule has 5 nitrogen and oxygen atoms in total. The monoisotopic (exact) mass is 522 g/mol. The Morgan fingerprint density at radius 2 is 1.42 bits per heavy atom. The van der Waals surface area contributed by atoms with E-state index in [1.807, 2.05) is 49.4 Å². The van der Waals surface area contributed by atoms with Crippen molar-refractivity contribution in [2.45, 2.75) is 13.5 Å². The molecule has 0 amide bonds. The standard InChI is InChI=1S/C29H24Cl2O5/c1-18-11-25(8-10-28(18)36-17-29(32)33)35-16-19-12-22(20-3-6-24(34-2)7-4-20)14-23(13-19)21-5-9-26(30)27(31)15-21/h3-15H,16-17H2,1-2H3,(H,32,33). The lowest BCUT2D eigenvalue weighted by molar-refractivity contribution is -0.139. The van der Waals surface area contributed by atoms with Gasteiger partial charge in [-0.15, -0.1) is 0 Å². The molecular weight excluding hydrogens is 499 g/mol. The number of rotatable bonds is 9. The lowest BCUT2D eigenvalue weighted by Crippen LogP contribution is -2.10. The fraction of sp³-hybridized carbons (Fsp3) is 0.138. The second kappa shape index (κ2) is 11.4. The normalized spacial score (nSPS) is 10.7. The van der Waals surface area contributed by atoms with E-state index >= 15 is 0 Å². The molecule has 0 aliphatic carbocycles. The first kappa shape index (κ1) is 25.4. The lowest BCUT2D eigenvalue weighted by Gasteiger charge is -2.14. The minimum atomic E-state index is -1.02. The second-order valence-corrected chi connectivity index (χ2v) is 8.99. The summed E-state index contributed by atoms with van der Waals surface area (Å²) in [5.41, 5.74) is 5.74. The highest BCUT2D eigenvalue weighted by Gasteiger charge is 2.10. The molecular formula is C29H24Cl2O5. The number of carboxylic acid groups (broad SMARTS) is 1. The van der Waals surface area contributed by atoms with Gasteiger partial charge in [0.1, 0.15) is 23.9 Å². The Morgan fingerprint density at radius 3 is 2.06 bits per heavy atom. The van der Waals surface area contributed by atoms with Crippen molar-refractivity contribution >= 4 is 29.2 Å². The Hall–Kier alpha value is -3.67. The van der Waals surface area contributed by atoms with Gasteiger partial charge in [0, 0.05) is 0 Å². The Labute approximate surface area is 219 Å². The molecule has 4 rings (SSSR count). The fourth-order valence-electron chi connectivity index (χ4n) is 3.75. The second-order valence-electron chi connectivity index (χ2n) is 8.17. The van der Waals surface area contributed by atoms with Gasteiger partial charge in [-0.05, 0) is 101 Å². The maximum Gasteiger partial charge on any atom is 0.341 e. The van der Waals surface area contributed by atoms with Crippen LogP contribution in [0.2, 0.25) is 10.0 Å². The SMILES string of the molecule is COc1ccc(-c2cc(COc3ccc(OCC(=O)O)c(C)c3)cc(-c3ccc(Cl)c(Cl)c3)c2)cc1. The number of ether oxygens (including phenoxy) is 3. The third-order valence-corrected chi connectivity index (χ3v) is 6.31. The molecule has 0 heterocycles. The van der Waals surface area contributed by atoms with Crippen LogP contribution in [0.3, 0.4) is 0 Å². The first-order valence-electron chi connectivity index (χ1n) is 11.1. The van der Waals surface area contributed by atoms with Crippen molar-refractivity contribution in [3.63, 3.8) is 0 Å². The molecule has 36 heavy (non-hydrogen) atoms. The Morgan fingerprint density at radius 1 is 0.750 bits per heavy atom. The number of aliphatic carboxylic acids is 1. The summed E-state index contributed by atoms with van der Waals surface area (Å²) in [6.07, 6.45) is 0. The van der Waals surface area contributed by atoms with Crippen LogP contribution in [-0.4, -0.2) is 24.8 Å². The number of hydrogen-bond donors (Lipinski definition) is 1. The zero-order chi connectivity index (χ0) is 25.7. The highest BCUT2D eigenvalue weighted by Crippen LogP contribution is 2.33. The van der Waals surface area contributed by atoms with E-state index in [-0.39, 0.29) is 0 Å². The van der Waals surface area contributed by atoms with Crippen LogP contribution in [0.1, 0.15) is 11.1 Å².